The van der Waals surface area contributed by atoms with Crippen LogP contribution in [-0.4, -0.2) is 46.9 Å². The molecule has 0 saturated carbocycles. The lowest BCUT2D eigenvalue weighted by Gasteiger charge is -2.22. The highest BCUT2D eigenvalue weighted by molar-refractivity contribution is 5.94. The number of carbonyl (C=O) groups is 4. The van der Waals surface area contributed by atoms with Gasteiger partial charge in [0.1, 0.15) is 12.1 Å². The van der Waals surface area contributed by atoms with Crippen LogP contribution in [0, 0.1) is 5.92 Å². The van der Waals surface area contributed by atoms with Crippen LogP contribution < -0.4 is 22.1 Å². The highest BCUT2D eigenvalue weighted by Crippen LogP contribution is 2.06. The molecule has 0 fully saturated rings. The summed E-state index contributed by atoms with van der Waals surface area (Å²) in [5.74, 6) is -3.31. The Balaban J connectivity index is 2.84. The van der Waals surface area contributed by atoms with E-state index in [9.17, 15) is 24.3 Å². The maximum atomic E-state index is 12.5. The van der Waals surface area contributed by atoms with Gasteiger partial charge in [-0.2, -0.15) is 0 Å². The summed E-state index contributed by atoms with van der Waals surface area (Å²) < 4.78 is 0. The molecule has 0 radical (unpaired) electrons. The molecule has 0 aliphatic heterocycles. The number of primary amides is 1. The van der Waals surface area contributed by atoms with Gasteiger partial charge in [0.2, 0.25) is 17.7 Å². The van der Waals surface area contributed by atoms with Gasteiger partial charge < -0.3 is 27.2 Å². The molecular weight excluding hydrogens is 364 g/mol. The third-order valence-electron chi connectivity index (χ3n) is 4.00. The van der Waals surface area contributed by atoms with Crippen LogP contribution >= 0.6 is 0 Å². The van der Waals surface area contributed by atoms with Crippen LogP contribution in [-0.2, 0) is 25.6 Å². The van der Waals surface area contributed by atoms with E-state index in [4.69, 9.17) is 11.5 Å². The van der Waals surface area contributed by atoms with Crippen molar-refractivity contribution >= 4 is 23.7 Å². The number of aliphatic carboxylic acids is 1. The normalized spacial score (nSPS) is 14.0. The Kier molecular flexibility index (Phi) is 9.10. The Morgan fingerprint density at radius 1 is 1.00 bits per heavy atom. The summed E-state index contributed by atoms with van der Waals surface area (Å²) in [7, 11) is 0. The highest BCUT2D eigenvalue weighted by Gasteiger charge is 2.29. The number of carboxylic acids is 1. The van der Waals surface area contributed by atoms with Gasteiger partial charge in [0.25, 0.3) is 0 Å². The van der Waals surface area contributed by atoms with Gasteiger partial charge in [-0.3, -0.25) is 14.4 Å². The highest BCUT2D eigenvalue weighted by atomic mass is 16.4. The first-order valence-corrected chi connectivity index (χ1v) is 9.01. The average Bonchev–Trinajstić information content (AvgIpc) is 2.60. The first-order valence-electron chi connectivity index (χ1n) is 9.01. The molecule has 9 nitrogen and oxygen atoms in total. The number of benzene rings is 1. The van der Waals surface area contributed by atoms with Crippen molar-refractivity contribution in [2.75, 3.05) is 0 Å². The molecule has 1 aromatic carbocycles. The van der Waals surface area contributed by atoms with Gasteiger partial charge in [-0.15, -0.1) is 0 Å². The molecule has 0 saturated heterocycles. The van der Waals surface area contributed by atoms with Gasteiger partial charge >= 0.3 is 5.97 Å². The van der Waals surface area contributed by atoms with E-state index in [0.29, 0.717) is 12.0 Å². The summed E-state index contributed by atoms with van der Waals surface area (Å²) in [6.07, 6.45) is -0.0296. The minimum Gasteiger partial charge on any atom is -0.480 e. The van der Waals surface area contributed by atoms with E-state index >= 15 is 0 Å². The molecule has 3 unspecified atom stereocenters. The first kappa shape index (κ1) is 23.1. The minimum atomic E-state index is -1.30. The number of hydrogen-bond acceptors (Lipinski definition) is 5. The van der Waals surface area contributed by atoms with Crippen LogP contribution in [0.5, 0.6) is 0 Å². The summed E-state index contributed by atoms with van der Waals surface area (Å²) in [4.78, 5) is 47.5. The number of rotatable bonds is 11. The van der Waals surface area contributed by atoms with Crippen LogP contribution in [0.2, 0.25) is 0 Å². The van der Waals surface area contributed by atoms with E-state index in [-0.39, 0.29) is 12.3 Å². The summed E-state index contributed by atoms with van der Waals surface area (Å²) >= 11 is 0. The number of hydrogen-bond donors (Lipinski definition) is 5. The summed E-state index contributed by atoms with van der Waals surface area (Å²) in [5, 5.41) is 14.1. The lowest BCUT2D eigenvalue weighted by atomic mass is 10.0. The Morgan fingerprint density at radius 3 is 2.07 bits per heavy atom. The number of nitrogens with one attached hydrogen (secondary N) is 2. The quantitative estimate of drug-likeness (QED) is 0.342. The van der Waals surface area contributed by atoms with Crippen molar-refractivity contribution in [3.8, 4) is 0 Å². The molecule has 0 aliphatic rings. The third kappa shape index (κ3) is 8.17. The van der Waals surface area contributed by atoms with Crippen molar-refractivity contribution < 1.29 is 24.3 Å². The zero-order chi connectivity index (χ0) is 21.3. The maximum Gasteiger partial charge on any atom is 0.326 e. The Labute approximate surface area is 163 Å². The molecule has 7 N–H and O–H groups in total. The molecule has 0 aliphatic carbocycles. The topological polar surface area (TPSA) is 165 Å². The van der Waals surface area contributed by atoms with Gasteiger partial charge in [0.15, 0.2) is 0 Å². The summed E-state index contributed by atoms with van der Waals surface area (Å²) in [6.45, 7) is 3.78. The zero-order valence-corrected chi connectivity index (χ0v) is 16.1. The number of carbonyl (C=O) groups excluding carboxylic acids is 3. The average molecular weight is 392 g/mol. The molecule has 9 heteroatoms. The zero-order valence-electron chi connectivity index (χ0n) is 16.1. The van der Waals surface area contributed by atoms with Gasteiger partial charge in [0.05, 0.1) is 12.5 Å². The van der Waals surface area contributed by atoms with Crippen molar-refractivity contribution in [1.29, 1.82) is 0 Å². The molecule has 28 heavy (non-hydrogen) atoms. The molecule has 3 amide bonds. The molecule has 3 atom stereocenters. The lowest BCUT2D eigenvalue weighted by molar-refractivity contribution is -0.142. The Morgan fingerprint density at radius 2 is 1.57 bits per heavy atom. The van der Waals surface area contributed by atoms with Crippen molar-refractivity contribution in [3.63, 3.8) is 0 Å². The van der Waals surface area contributed by atoms with Crippen molar-refractivity contribution in [1.82, 2.24) is 10.6 Å². The van der Waals surface area contributed by atoms with Crippen molar-refractivity contribution in [2.45, 2.75) is 51.2 Å². The second-order valence-corrected chi connectivity index (χ2v) is 7.06. The SMILES string of the molecule is CC(C)CC(N)C(=O)NC(CC(N)=O)C(=O)NC(Cc1ccccc1)C(=O)O. The van der Waals surface area contributed by atoms with Gasteiger partial charge in [0, 0.05) is 6.42 Å². The maximum absolute atomic E-state index is 12.5. The Bertz CT molecular complexity index is 693. The molecule has 1 aromatic rings. The van der Waals surface area contributed by atoms with E-state index in [1.165, 1.54) is 0 Å². The first-order chi connectivity index (χ1) is 13.1. The standard InChI is InChI=1S/C19H28N4O5/c1-11(2)8-13(20)17(25)22-14(10-16(21)24)18(26)23-15(19(27)28)9-12-6-4-3-5-7-12/h3-7,11,13-15H,8-10,20H2,1-2H3,(H2,21,24)(H,22,25)(H,23,26)(H,27,28). The van der Waals surface area contributed by atoms with Gasteiger partial charge in [-0.25, -0.2) is 4.79 Å². The fourth-order valence-electron chi connectivity index (χ4n) is 2.63. The third-order valence-corrected chi connectivity index (χ3v) is 4.00. The van der Waals surface area contributed by atoms with Crippen LogP contribution in [0.15, 0.2) is 30.3 Å². The predicted octanol–water partition coefficient (Wildman–Crippen LogP) is -0.468. The molecule has 0 spiro atoms. The van der Waals surface area contributed by atoms with E-state index in [1.807, 2.05) is 13.8 Å². The number of nitrogens with two attached hydrogens (primary N) is 2. The summed E-state index contributed by atoms with van der Waals surface area (Å²) in [5.41, 5.74) is 11.7. The van der Waals surface area contributed by atoms with Crippen LogP contribution in [0.4, 0.5) is 0 Å². The van der Waals surface area contributed by atoms with Crippen LogP contribution in [0.3, 0.4) is 0 Å². The number of carboxylic acid groups (broad SMARTS) is 1. The number of amides is 3. The molecule has 154 valence electrons. The smallest absolute Gasteiger partial charge is 0.326 e. The largest absolute Gasteiger partial charge is 0.480 e. The van der Waals surface area contributed by atoms with Gasteiger partial charge in [-0.1, -0.05) is 44.2 Å². The second kappa shape index (κ2) is 11.0. The van der Waals surface area contributed by atoms with E-state index in [0.717, 1.165) is 0 Å². The van der Waals surface area contributed by atoms with E-state index < -0.39 is 48.2 Å². The van der Waals surface area contributed by atoms with Crippen LogP contribution in [0.25, 0.3) is 0 Å². The monoisotopic (exact) mass is 392 g/mol. The molecule has 1 rings (SSSR count). The fraction of sp³-hybridized carbons (Fsp3) is 0.474. The molecular formula is C19H28N4O5. The van der Waals surface area contributed by atoms with E-state index in [2.05, 4.69) is 10.6 Å². The van der Waals surface area contributed by atoms with Gasteiger partial charge in [-0.05, 0) is 17.9 Å². The Hall–Kier alpha value is -2.94. The second-order valence-electron chi connectivity index (χ2n) is 7.06. The van der Waals surface area contributed by atoms with E-state index in [1.54, 1.807) is 30.3 Å². The van der Waals surface area contributed by atoms with Crippen LogP contribution in [0.1, 0.15) is 32.3 Å². The fourth-order valence-corrected chi connectivity index (χ4v) is 2.63. The lowest BCUT2D eigenvalue weighted by Crippen LogP contribution is -2.55. The predicted molar refractivity (Wildman–Crippen MR) is 103 cm³/mol. The minimum absolute atomic E-state index is 0.0476. The molecule has 0 bridgehead atoms. The summed E-state index contributed by atoms with van der Waals surface area (Å²) in [6, 6.07) is 5.36. The van der Waals surface area contributed by atoms with Crippen molar-refractivity contribution in [3.05, 3.63) is 35.9 Å². The molecule has 0 aromatic heterocycles. The van der Waals surface area contributed by atoms with Crippen molar-refractivity contribution in [2.24, 2.45) is 17.4 Å². The molecule has 0 heterocycles.